The molecule has 2 aliphatic rings. The Morgan fingerprint density at radius 1 is 1.24 bits per heavy atom. The SMILES string of the molecule is Cc1ccc(C(C)NC(=O)C2CC3CCCCC3N2)cc1. The molecule has 3 rings (SSSR count). The van der Waals surface area contributed by atoms with E-state index < -0.39 is 0 Å². The highest BCUT2D eigenvalue weighted by atomic mass is 16.2. The van der Waals surface area contributed by atoms with Gasteiger partial charge in [0.05, 0.1) is 12.1 Å². The molecular weight excluding hydrogens is 260 g/mol. The van der Waals surface area contributed by atoms with E-state index in [0.29, 0.717) is 12.0 Å². The van der Waals surface area contributed by atoms with Crippen molar-refractivity contribution in [2.24, 2.45) is 5.92 Å². The molecule has 4 unspecified atom stereocenters. The third-order valence-corrected chi connectivity index (χ3v) is 5.12. The summed E-state index contributed by atoms with van der Waals surface area (Å²) in [5.41, 5.74) is 2.42. The number of carbonyl (C=O) groups excluding carboxylic acids is 1. The second-order valence-corrected chi connectivity index (χ2v) is 6.75. The summed E-state index contributed by atoms with van der Waals surface area (Å²) in [6.45, 7) is 4.14. The van der Waals surface area contributed by atoms with Crippen LogP contribution in [0.15, 0.2) is 24.3 Å². The Labute approximate surface area is 127 Å². The predicted molar refractivity (Wildman–Crippen MR) is 85.0 cm³/mol. The van der Waals surface area contributed by atoms with Crippen molar-refractivity contribution in [3.63, 3.8) is 0 Å². The number of aryl methyl sites for hydroxylation is 1. The number of carbonyl (C=O) groups is 1. The lowest BCUT2D eigenvalue weighted by atomic mass is 9.85. The van der Waals surface area contributed by atoms with Crippen molar-refractivity contribution in [1.82, 2.24) is 10.6 Å². The van der Waals surface area contributed by atoms with E-state index in [0.717, 1.165) is 6.42 Å². The summed E-state index contributed by atoms with van der Waals surface area (Å²) in [7, 11) is 0. The molecule has 1 saturated carbocycles. The van der Waals surface area contributed by atoms with Crippen LogP contribution < -0.4 is 10.6 Å². The van der Waals surface area contributed by atoms with Gasteiger partial charge in [0, 0.05) is 6.04 Å². The average molecular weight is 286 g/mol. The Balaban J connectivity index is 1.57. The second kappa shape index (κ2) is 6.18. The van der Waals surface area contributed by atoms with Crippen LogP contribution in [-0.4, -0.2) is 18.0 Å². The predicted octanol–water partition coefficient (Wildman–Crippen LogP) is 3.09. The molecular formula is C18H26N2O. The van der Waals surface area contributed by atoms with Crippen LogP contribution in [0.5, 0.6) is 0 Å². The smallest absolute Gasteiger partial charge is 0.237 e. The monoisotopic (exact) mass is 286 g/mol. The summed E-state index contributed by atoms with van der Waals surface area (Å²) in [5.74, 6) is 0.877. The molecule has 1 aromatic rings. The molecule has 1 aromatic carbocycles. The van der Waals surface area contributed by atoms with Crippen LogP contribution in [0.25, 0.3) is 0 Å². The number of hydrogen-bond donors (Lipinski definition) is 2. The van der Waals surface area contributed by atoms with E-state index in [-0.39, 0.29) is 18.0 Å². The van der Waals surface area contributed by atoms with Gasteiger partial charge in [-0.15, -0.1) is 0 Å². The van der Waals surface area contributed by atoms with Gasteiger partial charge in [-0.25, -0.2) is 0 Å². The quantitative estimate of drug-likeness (QED) is 0.896. The first kappa shape index (κ1) is 14.6. The molecule has 1 heterocycles. The van der Waals surface area contributed by atoms with E-state index in [1.807, 2.05) is 0 Å². The lowest BCUT2D eigenvalue weighted by Crippen LogP contribution is -2.43. The number of amides is 1. The van der Waals surface area contributed by atoms with Crippen molar-refractivity contribution in [1.29, 1.82) is 0 Å². The standard InChI is InChI=1S/C18H26N2O/c1-12-7-9-14(10-8-12)13(2)19-18(21)17-11-15-5-3-4-6-16(15)20-17/h7-10,13,15-17,20H,3-6,11H2,1-2H3,(H,19,21). The summed E-state index contributed by atoms with van der Waals surface area (Å²) in [5, 5.41) is 6.71. The van der Waals surface area contributed by atoms with E-state index in [9.17, 15) is 4.79 Å². The summed E-state index contributed by atoms with van der Waals surface area (Å²) in [6.07, 6.45) is 6.17. The fourth-order valence-corrected chi connectivity index (χ4v) is 3.77. The minimum atomic E-state index is 0.00555. The third kappa shape index (κ3) is 3.29. The normalized spacial score (nSPS) is 29.7. The molecule has 0 bridgehead atoms. The minimum absolute atomic E-state index is 0.00555. The zero-order valence-corrected chi connectivity index (χ0v) is 13.1. The fraction of sp³-hybridized carbons (Fsp3) is 0.611. The Hall–Kier alpha value is -1.35. The molecule has 1 amide bonds. The van der Waals surface area contributed by atoms with E-state index in [1.165, 1.54) is 36.8 Å². The molecule has 0 aromatic heterocycles. The Bertz CT molecular complexity index is 482. The molecule has 1 saturated heterocycles. The topological polar surface area (TPSA) is 41.1 Å². The summed E-state index contributed by atoms with van der Waals surface area (Å²) in [4.78, 5) is 12.5. The fourth-order valence-electron chi connectivity index (χ4n) is 3.77. The Morgan fingerprint density at radius 3 is 2.67 bits per heavy atom. The van der Waals surface area contributed by atoms with E-state index >= 15 is 0 Å². The first-order chi connectivity index (χ1) is 10.1. The van der Waals surface area contributed by atoms with Crippen molar-refractivity contribution in [2.45, 2.75) is 64.1 Å². The van der Waals surface area contributed by atoms with Crippen molar-refractivity contribution in [2.75, 3.05) is 0 Å². The summed E-state index contributed by atoms with van der Waals surface area (Å²) < 4.78 is 0. The molecule has 3 heteroatoms. The molecule has 2 fully saturated rings. The van der Waals surface area contributed by atoms with E-state index in [4.69, 9.17) is 0 Å². The number of benzene rings is 1. The van der Waals surface area contributed by atoms with E-state index in [2.05, 4.69) is 48.7 Å². The van der Waals surface area contributed by atoms with Crippen molar-refractivity contribution < 1.29 is 4.79 Å². The van der Waals surface area contributed by atoms with Crippen molar-refractivity contribution >= 4 is 5.91 Å². The average Bonchev–Trinajstić information content (AvgIpc) is 2.92. The summed E-state index contributed by atoms with van der Waals surface area (Å²) in [6, 6.07) is 9.04. The van der Waals surface area contributed by atoms with Crippen molar-refractivity contribution in [3.8, 4) is 0 Å². The van der Waals surface area contributed by atoms with Gasteiger partial charge in [-0.2, -0.15) is 0 Å². The van der Waals surface area contributed by atoms with Crippen LogP contribution in [0.1, 0.15) is 56.2 Å². The van der Waals surface area contributed by atoms with Crippen LogP contribution in [0.3, 0.4) is 0 Å². The van der Waals surface area contributed by atoms with Gasteiger partial charge >= 0.3 is 0 Å². The second-order valence-electron chi connectivity index (χ2n) is 6.75. The van der Waals surface area contributed by atoms with Crippen LogP contribution >= 0.6 is 0 Å². The number of nitrogens with one attached hydrogen (secondary N) is 2. The van der Waals surface area contributed by atoms with Crippen LogP contribution in [-0.2, 0) is 4.79 Å². The highest BCUT2D eigenvalue weighted by molar-refractivity contribution is 5.82. The molecule has 3 nitrogen and oxygen atoms in total. The molecule has 1 aliphatic heterocycles. The Kier molecular flexibility index (Phi) is 4.29. The largest absolute Gasteiger partial charge is 0.348 e. The first-order valence-corrected chi connectivity index (χ1v) is 8.26. The molecule has 114 valence electrons. The van der Waals surface area contributed by atoms with Gasteiger partial charge < -0.3 is 10.6 Å². The van der Waals surface area contributed by atoms with Crippen LogP contribution in [0.4, 0.5) is 0 Å². The maximum atomic E-state index is 12.5. The van der Waals surface area contributed by atoms with Crippen molar-refractivity contribution in [3.05, 3.63) is 35.4 Å². The van der Waals surface area contributed by atoms with Crippen LogP contribution in [0, 0.1) is 12.8 Å². The van der Waals surface area contributed by atoms with Gasteiger partial charge in [0.15, 0.2) is 0 Å². The lowest BCUT2D eigenvalue weighted by molar-refractivity contribution is -0.123. The zero-order chi connectivity index (χ0) is 14.8. The number of fused-ring (bicyclic) bond motifs is 1. The number of hydrogen-bond acceptors (Lipinski definition) is 2. The molecule has 0 radical (unpaired) electrons. The molecule has 2 N–H and O–H groups in total. The van der Waals surface area contributed by atoms with Gasteiger partial charge in [0.25, 0.3) is 0 Å². The molecule has 4 atom stereocenters. The van der Waals surface area contributed by atoms with Gasteiger partial charge in [-0.1, -0.05) is 42.7 Å². The maximum absolute atomic E-state index is 12.5. The highest BCUT2D eigenvalue weighted by Crippen LogP contribution is 2.33. The van der Waals surface area contributed by atoms with Gasteiger partial charge in [0.2, 0.25) is 5.91 Å². The Morgan fingerprint density at radius 2 is 1.95 bits per heavy atom. The molecule has 1 aliphatic carbocycles. The number of rotatable bonds is 3. The molecule has 21 heavy (non-hydrogen) atoms. The minimum Gasteiger partial charge on any atom is -0.348 e. The van der Waals surface area contributed by atoms with Crippen LogP contribution in [0.2, 0.25) is 0 Å². The zero-order valence-electron chi connectivity index (χ0n) is 13.1. The first-order valence-electron chi connectivity index (χ1n) is 8.26. The van der Waals surface area contributed by atoms with Gasteiger partial charge in [-0.05, 0) is 44.6 Å². The van der Waals surface area contributed by atoms with Gasteiger partial charge in [-0.3, -0.25) is 4.79 Å². The maximum Gasteiger partial charge on any atom is 0.237 e. The highest BCUT2D eigenvalue weighted by Gasteiger charge is 2.38. The lowest BCUT2D eigenvalue weighted by Gasteiger charge is -2.24. The van der Waals surface area contributed by atoms with Gasteiger partial charge in [0.1, 0.15) is 0 Å². The summed E-state index contributed by atoms with van der Waals surface area (Å²) >= 11 is 0. The third-order valence-electron chi connectivity index (χ3n) is 5.12. The molecule has 0 spiro atoms. The van der Waals surface area contributed by atoms with E-state index in [1.54, 1.807) is 0 Å².